The third-order valence-corrected chi connectivity index (χ3v) is 5.98. The number of unbranched alkanes of at least 4 members (excludes halogenated alkanes) is 2. The van der Waals surface area contributed by atoms with Gasteiger partial charge in [-0.1, -0.05) is 52.1 Å². The number of carbonyl (C=O) groups is 4. The molecular weight excluding hydrogens is 516 g/mol. The SMILES string of the molecule is CC(C)(C)OC(=O)NCCCCCC(=O)Nc1ccc(N(S)C(=O)NC(=O)c2ccc(C(C)(C)C)cc2)cc1. The molecule has 5 amide bonds. The maximum atomic E-state index is 12.5. The lowest BCUT2D eigenvalue weighted by Gasteiger charge is -2.19. The number of urea groups is 1. The van der Waals surface area contributed by atoms with Crippen LogP contribution in [0.15, 0.2) is 48.5 Å². The van der Waals surface area contributed by atoms with Crippen molar-refractivity contribution in [2.24, 2.45) is 0 Å². The molecule has 2 aromatic rings. The Morgan fingerprint density at radius 1 is 0.846 bits per heavy atom. The molecule has 0 aromatic heterocycles. The zero-order chi connectivity index (χ0) is 29.2. The molecule has 0 aliphatic rings. The molecule has 0 aliphatic heterocycles. The number of thiol groups is 1. The number of ether oxygens (including phenoxy) is 1. The van der Waals surface area contributed by atoms with Gasteiger partial charge in [-0.2, -0.15) is 0 Å². The molecule has 0 unspecified atom stereocenters. The summed E-state index contributed by atoms with van der Waals surface area (Å²) >= 11 is 4.21. The first-order valence-corrected chi connectivity index (χ1v) is 13.4. The van der Waals surface area contributed by atoms with Crippen molar-refractivity contribution in [1.29, 1.82) is 0 Å². The third kappa shape index (κ3) is 11.4. The largest absolute Gasteiger partial charge is 0.444 e. The molecule has 0 bridgehead atoms. The second kappa shape index (κ2) is 14.0. The number of benzene rings is 2. The van der Waals surface area contributed by atoms with E-state index in [1.54, 1.807) is 57.2 Å². The fourth-order valence-electron chi connectivity index (χ4n) is 3.46. The highest BCUT2D eigenvalue weighted by molar-refractivity contribution is 7.82. The van der Waals surface area contributed by atoms with Crippen LogP contribution in [0.5, 0.6) is 0 Å². The Hall–Kier alpha value is -3.53. The van der Waals surface area contributed by atoms with E-state index < -0.39 is 23.6 Å². The summed E-state index contributed by atoms with van der Waals surface area (Å²) in [7, 11) is 0. The second-order valence-corrected chi connectivity index (χ2v) is 11.6. The van der Waals surface area contributed by atoms with Crippen molar-refractivity contribution in [2.45, 2.75) is 78.2 Å². The number of alkyl carbamates (subject to hydrolysis) is 1. The van der Waals surface area contributed by atoms with E-state index in [4.69, 9.17) is 4.74 Å². The van der Waals surface area contributed by atoms with Crippen molar-refractivity contribution in [1.82, 2.24) is 10.6 Å². The van der Waals surface area contributed by atoms with Crippen LogP contribution in [-0.4, -0.2) is 36.1 Å². The first-order valence-electron chi connectivity index (χ1n) is 13.0. The number of nitrogens with one attached hydrogen (secondary N) is 3. The van der Waals surface area contributed by atoms with E-state index in [1.807, 2.05) is 12.1 Å². The Morgan fingerprint density at radius 3 is 2.03 bits per heavy atom. The standard InChI is InChI=1S/C29H40N4O5S/c1-28(2,3)21-13-11-20(12-14-21)25(35)32-26(36)33(39)23-17-15-22(16-18-23)31-24(34)10-8-7-9-19-30-27(37)38-29(4,5)6/h11-18,39H,7-10,19H2,1-6H3,(H,30,37)(H,31,34)(H,32,35,36). The maximum absolute atomic E-state index is 12.5. The van der Waals surface area contributed by atoms with Gasteiger partial charge in [-0.05, 0) is 81.0 Å². The quantitative estimate of drug-likeness (QED) is 0.216. The molecule has 2 aromatic carbocycles. The minimum atomic E-state index is -0.693. The van der Waals surface area contributed by atoms with Gasteiger partial charge < -0.3 is 15.4 Å². The minimum Gasteiger partial charge on any atom is -0.444 e. The first-order chi connectivity index (χ1) is 18.2. The Balaban J connectivity index is 1.74. The molecule has 0 saturated heterocycles. The number of carbonyl (C=O) groups excluding carboxylic acids is 4. The topological polar surface area (TPSA) is 117 Å². The average Bonchev–Trinajstić information content (AvgIpc) is 2.84. The number of hydrogen-bond acceptors (Lipinski definition) is 6. The van der Waals surface area contributed by atoms with Crippen LogP contribution in [0.25, 0.3) is 0 Å². The number of amides is 5. The highest BCUT2D eigenvalue weighted by Gasteiger charge is 2.19. The molecule has 0 radical (unpaired) electrons. The van der Waals surface area contributed by atoms with E-state index in [0.29, 0.717) is 36.3 Å². The van der Waals surface area contributed by atoms with Gasteiger partial charge in [0.1, 0.15) is 5.60 Å². The van der Waals surface area contributed by atoms with Gasteiger partial charge in [0.05, 0.1) is 5.69 Å². The third-order valence-electron chi connectivity index (χ3n) is 5.57. The fourth-order valence-corrected chi connectivity index (χ4v) is 3.65. The maximum Gasteiger partial charge on any atom is 0.407 e. The van der Waals surface area contributed by atoms with Crippen molar-refractivity contribution in [2.75, 3.05) is 16.2 Å². The fraction of sp³-hybridized carbons (Fsp3) is 0.448. The van der Waals surface area contributed by atoms with E-state index in [0.717, 1.165) is 22.7 Å². The molecule has 0 heterocycles. The van der Waals surface area contributed by atoms with Crippen LogP contribution in [0, 0.1) is 0 Å². The molecule has 39 heavy (non-hydrogen) atoms. The van der Waals surface area contributed by atoms with Crippen LogP contribution < -0.4 is 20.3 Å². The Kier molecular flexibility index (Phi) is 11.4. The summed E-state index contributed by atoms with van der Waals surface area (Å²) in [6.07, 6.45) is 2.10. The van der Waals surface area contributed by atoms with E-state index in [9.17, 15) is 19.2 Å². The molecule has 2 rings (SSSR count). The second-order valence-electron chi connectivity index (χ2n) is 11.2. The number of hydrogen-bond donors (Lipinski definition) is 4. The molecule has 0 atom stereocenters. The van der Waals surface area contributed by atoms with E-state index in [-0.39, 0.29) is 11.3 Å². The molecular formula is C29H40N4O5S. The van der Waals surface area contributed by atoms with Crippen LogP contribution in [0.3, 0.4) is 0 Å². The molecule has 0 spiro atoms. The molecule has 0 aliphatic carbocycles. The average molecular weight is 557 g/mol. The Morgan fingerprint density at radius 2 is 1.46 bits per heavy atom. The number of rotatable bonds is 9. The van der Waals surface area contributed by atoms with Crippen LogP contribution in [0.2, 0.25) is 0 Å². The van der Waals surface area contributed by atoms with Crippen LogP contribution >= 0.6 is 12.8 Å². The van der Waals surface area contributed by atoms with E-state index in [1.165, 1.54) is 0 Å². The summed E-state index contributed by atoms with van der Waals surface area (Å²) in [6, 6.07) is 13.0. The van der Waals surface area contributed by atoms with Crippen LogP contribution in [0.4, 0.5) is 21.0 Å². The minimum absolute atomic E-state index is 0.0411. The van der Waals surface area contributed by atoms with Crippen LogP contribution in [-0.2, 0) is 14.9 Å². The van der Waals surface area contributed by atoms with Gasteiger partial charge in [0, 0.05) is 24.2 Å². The summed E-state index contributed by atoms with van der Waals surface area (Å²) in [4.78, 5) is 48.9. The van der Waals surface area contributed by atoms with Crippen molar-refractivity contribution in [3.05, 3.63) is 59.7 Å². The van der Waals surface area contributed by atoms with Gasteiger partial charge in [0.2, 0.25) is 5.91 Å². The van der Waals surface area contributed by atoms with Crippen molar-refractivity contribution in [3.63, 3.8) is 0 Å². The lowest BCUT2D eigenvalue weighted by atomic mass is 9.87. The van der Waals surface area contributed by atoms with Gasteiger partial charge in [-0.25, -0.2) is 13.9 Å². The first kappa shape index (κ1) is 31.7. The number of anilines is 2. The van der Waals surface area contributed by atoms with Crippen LogP contribution in [0.1, 0.15) is 83.1 Å². The van der Waals surface area contributed by atoms with Gasteiger partial charge in [0.15, 0.2) is 0 Å². The van der Waals surface area contributed by atoms with Crippen molar-refractivity contribution < 1.29 is 23.9 Å². The lowest BCUT2D eigenvalue weighted by Crippen LogP contribution is -2.38. The highest BCUT2D eigenvalue weighted by Crippen LogP contribution is 2.23. The predicted molar refractivity (Wildman–Crippen MR) is 157 cm³/mol. The van der Waals surface area contributed by atoms with E-state index in [2.05, 4.69) is 49.5 Å². The molecule has 9 nitrogen and oxygen atoms in total. The number of nitrogens with zero attached hydrogens (tertiary/aromatic N) is 1. The summed E-state index contributed by atoms with van der Waals surface area (Å²) in [5, 5.41) is 7.83. The summed E-state index contributed by atoms with van der Waals surface area (Å²) in [6.45, 7) is 12.2. The smallest absolute Gasteiger partial charge is 0.407 e. The molecule has 0 saturated carbocycles. The molecule has 212 valence electrons. The zero-order valence-corrected chi connectivity index (χ0v) is 24.5. The Bertz CT molecular complexity index is 1140. The Labute approximate surface area is 236 Å². The molecule has 3 N–H and O–H groups in total. The zero-order valence-electron chi connectivity index (χ0n) is 23.6. The van der Waals surface area contributed by atoms with E-state index >= 15 is 0 Å². The normalized spacial score (nSPS) is 11.4. The predicted octanol–water partition coefficient (Wildman–Crippen LogP) is 6.21. The number of imide groups is 1. The molecule has 0 fully saturated rings. The van der Waals surface area contributed by atoms with Gasteiger partial charge in [0.25, 0.3) is 5.91 Å². The summed E-state index contributed by atoms with van der Waals surface area (Å²) < 4.78 is 6.20. The van der Waals surface area contributed by atoms with Crippen molar-refractivity contribution >= 4 is 48.1 Å². The lowest BCUT2D eigenvalue weighted by molar-refractivity contribution is -0.116. The summed E-state index contributed by atoms with van der Waals surface area (Å²) in [5.74, 6) is -0.657. The van der Waals surface area contributed by atoms with Gasteiger partial charge in [-0.15, -0.1) is 0 Å². The molecule has 10 heteroatoms. The van der Waals surface area contributed by atoms with Gasteiger partial charge in [-0.3, -0.25) is 14.9 Å². The highest BCUT2D eigenvalue weighted by atomic mass is 32.1. The monoisotopic (exact) mass is 556 g/mol. The van der Waals surface area contributed by atoms with Crippen molar-refractivity contribution in [3.8, 4) is 0 Å². The summed E-state index contributed by atoms with van der Waals surface area (Å²) in [5.41, 5.74) is 1.89. The van der Waals surface area contributed by atoms with Gasteiger partial charge >= 0.3 is 12.1 Å².